The van der Waals surface area contributed by atoms with Gasteiger partial charge in [-0.1, -0.05) is 23.7 Å². The van der Waals surface area contributed by atoms with Gasteiger partial charge in [0.05, 0.1) is 17.3 Å². The molecular formula is C16H21ClN2O2. The number of piperidine rings is 3. The van der Waals surface area contributed by atoms with Gasteiger partial charge in [-0.25, -0.2) is 4.79 Å². The van der Waals surface area contributed by atoms with E-state index >= 15 is 0 Å². The van der Waals surface area contributed by atoms with Crippen LogP contribution in [0.3, 0.4) is 0 Å². The van der Waals surface area contributed by atoms with Crippen molar-refractivity contribution in [3.05, 3.63) is 29.3 Å². The van der Waals surface area contributed by atoms with E-state index in [2.05, 4.69) is 10.2 Å². The molecule has 3 aliphatic rings. The number of nitrogens with one attached hydrogen (secondary N) is 1. The van der Waals surface area contributed by atoms with E-state index < -0.39 is 5.54 Å². The molecule has 0 aliphatic carbocycles. The van der Waals surface area contributed by atoms with E-state index in [1.165, 1.54) is 0 Å². The number of fused-ring (bicyclic) bond motifs is 3. The van der Waals surface area contributed by atoms with Gasteiger partial charge in [-0.2, -0.15) is 0 Å². The largest absolute Gasteiger partial charge is 0.464 e. The van der Waals surface area contributed by atoms with Crippen LogP contribution in [0.1, 0.15) is 19.8 Å². The van der Waals surface area contributed by atoms with Crippen molar-refractivity contribution < 1.29 is 9.53 Å². The normalized spacial score (nSPS) is 31.0. The average Bonchev–Trinajstić information content (AvgIpc) is 2.51. The number of halogens is 1. The number of nitrogens with zero attached hydrogens (tertiary/aromatic N) is 1. The van der Waals surface area contributed by atoms with Crippen LogP contribution in [0.15, 0.2) is 24.3 Å². The van der Waals surface area contributed by atoms with E-state index in [-0.39, 0.29) is 5.97 Å². The predicted molar refractivity (Wildman–Crippen MR) is 83.6 cm³/mol. The predicted octanol–water partition coefficient (Wildman–Crippen LogP) is 2.78. The number of ether oxygens (including phenoxy) is 1. The number of hydrogen-bond acceptors (Lipinski definition) is 4. The highest BCUT2D eigenvalue weighted by Crippen LogP contribution is 2.40. The van der Waals surface area contributed by atoms with E-state index in [0.717, 1.165) is 31.6 Å². The van der Waals surface area contributed by atoms with Gasteiger partial charge in [0.15, 0.2) is 5.54 Å². The van der Waals surface area contributed by atoms with Crippen LogP contribution in [0.25, 0.3) is 0 Å². The highest BCUT2D eigenvalue weighted by Gasteiger charge is 2.53. The van der Waals surface area contributed by atoms with Gasteiger partial charge in [-0.05, 0) is 50.9 Å². The van der Waals surface area contributed by atoms with Crippen molar-refractivity contribution >= 4 is 23.3 Å². The number of carbonyl (C=O) groups excluding carboxylic acids is 1. The number of anilines is 1. The zero-order valence-electron chi connectivity index (χ0n) is 12.3. The highest BCUT2D eigenvalue weighted by molar-refractivity contribution is 6.33. The Morgan fingerprint density at radius 2 is 2.14 bits per heavy atom. The maximum atomic E-state index is 12.7. The Balaban J connectivity index is 1.93. The van der Waals surface area contributed by atoms with Crippen molar-refractivity contribution in [3.8, 4) is 0 Å². The summed E-state index contributed by atoms with van der Waals surface area (Å²) in [6, 6.07) is 7.57. The van der Waals surface area contributed by atoms with Gasteiger partial charge in [0, 0.05) is 6.54 Å². The molecule has 2 bridgehead atoms. The second kappa shape index (κ2) is 5.85. The van der Waals surface area contributed by atoms with Crippen molar-refractivity contribution in [3.63, 3.8) is 0 Å². The highest BCUT2D eigenvalue weighted by atomic mass is 35.5. The second-order valence-electron chi connectivity index (χ2n) is 5.85. The average molecular weight is 309 g/mol. The summed E-state index contributed by atoms with van der Waals surface area (Å²) in [5.74, 6) is 0.150. The Morgan fingerprint density at radius 1 is 1.43 bits per heavy atom. The Hall–Kier alpha value is -1.26. The van der Waals surface area contributed by atoms with E-state index in [9.17, 15) is 4.79 Å². The summed E-state index contributed by atoms with van der Waals surface area (Å²) < 4.78 is 5.38. The van der Waals surface area contributed by atoms with E-state index in [1.54, 1.807) is 0 Å². The Labute approximate surface area is 130 Å². The second-order valence-corrected chi connectivity index (χ2v) is 6.25. The summed E-state index contributed by atoms with van der Waals surface area (Å²) >= 11 is 6.26. The lowest BCUT2D eigenvalue weighted by molar-refractivity contribution is -0.155. The number of hydrogen-bond donors (Lipinski definition) is 1. The molecule has 1 unspecified atom stereocenters. The third kappa shape index (κ3) is 2.62. The van der Waals surface area contributed by atoms with Crippen molar-refractivity contribution in [2.75, 3.05) is 31.6 Å². The molecule has 1 atom stereocenters. The third-order valence-electron chi connectivity index (χ3n) is 4.63. The molecule has 0 amide bonds. The quantitative estimate of drug-likeness (QED) is 0.869. The molecule has 4 rings (SSSR count). The molecule has 21 heavy (non-hydrogen) atoms. The van der Waals surface area contributed by atoms with E-state index in [4.69, 9.17) is 16.3 Å². The summed E-state index contributed by atoms with van der Waals surface area (Å²) in [7, 11) is 0. The lowest BCUT2D eigenvalue weighted by Gasteiger charge is -2.52. The molecule has 3 fully saturated rings. The van der Waals surface area contributed by atoms with Gasteiger partial charge >= 0.3 is 5.97 Å². The van der Waals surface area contributed by atoms with Crippen LogP contribution in [-0.4, -0.2) is 42.6 Å². The van der Waals surface area contributed by atoms with Crippen LogP contribution >= 0.6 is 11.6 Å². The first-order valence-corrected chi connectivity index (χ1v) is 7.96. The molecule has 114 valence electrons. The van der Waals surface area contributed by atoms with Gasteiger partial charge in [0.2, 0.25) is 0 Å². The molecular weight excluding hydrogens is 288 g/mol. The molecule has 3 aliphatic heterocycles. The minimum Gasteiger partial charge on any atom is -0.464 e. The number of rotatable bonds is 4. The Kier molecular flexibility index (Phi) is 4.09. The van der Waals surface area contributed by atoms with Gasteiger partial charge < -0.3 is 15.0 Å². The van der Waals surface area contributed by atoms with Gasteiger partial charge in [0.1, 0.15) is 0 Å². The topological polar surface area (TPSA) is 41.6 Å². The first-order valence-electron chi connectivity index (χ1n) is 7.58. The van der Waals surface area contributed by atoms with Gasteiger partial charge in [-0.3, -0.25) is 0 Å². The molecule has 0 saturated carbocycles. The molecule has 0 aromatic heterocycles. The molecule has 3 saturated heterocycles. The van der Waals surface area contributed by atoms with Crippen LogP contribution < -0.4 is 5.32 Å². The minimum atomic E-state index is -0.669. The number of carbonyl (C=O) groups is 1. The fourth-order valence-electron chi connectivity index (χ4n) is 3.55. The first-order chi connectivity index (χ1) is 10.2. The van der Waals surface area contributed by atoms with E-state index in [0.29, 0.717) is 24.1 Å². The molecule has 1 aromatic rings. The van der Waals surface area contributed by atoms with Gasteiger partial charge in [-0.15, -0.1) is 0 Å². The molecule has 0 spiro atoms. The molecule has 5 heteroatoms. The molecule has 1 N–H and O–H groups in total. The van der Waals surface area contributed by atoms with Crippen molar-refractivity contribution in [1.29, 1.82) is 0 Å². The summed E-state index contributed by atoms with van der Waals surface area (Å²) in [5.41, 5.74) is 0.137. The molecule has 3 heterocycles. The van der Waals surface area contributed by atoms with Crippen LogP contribution in [0.5, 0.6) is 0 Å². The fourth-order valence-corrected chi connectivity index (χ4v) is 3.74. The SMILES string of the molecule is CCOC(=O)C1(Nc2ccccc2Cl)CN2CCC1CC2. The van der Waals surface area contributed by atoms with Crippen LogP contribution in [0.4, 0.5) is 5.69 Å². The number of para-hydroxylation sites is 1. The van der Waals surface area contributed by atoms with Crippen molar-refractivity contribution in [2.24, 2.45) is 5.92 Å². The smallest absolute Gasteiger partial charge is 0.333 e. The number of benzene rings is 1. The minimum absolute atomic E-state index is 0.153. The van der Waals surface area contributed by atoms with Crippen molar-refractivity contribution in [1.82, 2.24) is 4.90 Å². The Morgan fingerprint density at radius 3 is 2.71 bits per heavy atom. The van der Waals surface area contributed by atoms with Crippen LogP contribution in [0.2, 0.25) is 5.02 Å². The Bertz CT molecular complexity index is 529. The number of esters is 1. The third-order valence-corrected chi connectivity index (χ3v) is 4.96. The summed E-state index contributed by atoms with van der Waals surface area (Å²) in [4.78, 5) is 15.0. The van der Waals surface area contributed by atoms with Gasteiger partial charge in [0.25, 0.3) is 0 Å². The zero-order chi connectivity index (χ0) is 14.9. The summed E-state index contributed by atoms with van der Waals surface area (Å²) in [5, 5.41) is 4.07. The molecule has 0 radical (unpaired) electrons. The molecule has 4 nitrogen and oxygen atoms in total. The standard InChI is InChI=1S/C16H21ClN2O2/c1-2-21-15(20)16(11-19-9-7-12(16)8-10-19)18-14-6-4-3-5-13(14)17/h3-6,12,18H,2,7-11H2,1H3. The lowest BCUT2D eigenvalue weighted by Crippen LogP contribution is -2.67. The van der Waals surface area contributed by atoms with Crippen LogP contribution in [0, 0.1) is 5.92 Å². The monoisotopic (exact) mass is 308 g/mol. The summed E-state index contributed by atoms with van der Waals surface area (Å²) in [6.07, 6.45) is 2.05. The zero-order valence-corrected chi connectivity index (χ0v) is 13.0. The van der Waals surface area contributed by atoms with Crippen LogP contribution in [-0.2, 0) is 9.53 Å². The summed E-state index contributed by atoms with van der Waals surface area (Å²) in [6.45, 7) is 5.08. The first kappa shape index (κ1) is 14.7. The molecule has 1 aromatic carbocycles. The lowest BCUT2D eigenvalue weighted by atomic mass is 9.72. The maximum Gasteiger partial charge on any atom is 0.333 e. The van der Waals surface area contributed by atoms with E-state index in [1.807, 2.05) is 31.2 Å². The maximum absolute atomic E-state index is 12.7. The fraction of sp³-hybridized carbons (Fsp3) is 0.562. The van der Waals surface area contributed by atoms with Crippen molar-refractivity contribution in [2.45, 2.75) is 25.3 Å².